The molecule has 0 bridgehead atoms. The van der Waals surface area contributed by atoms with Crippen LogP contribution in [0.4, 0.5) is 17.2 Å². The summed E-state index contributed by atoms with van der Waals surface area (Å²) in [5.74, 6) is 2.04. The molecule has 1 amide bonds. The number of anilines is 3. The molecule has 4 aromatic rings. The Bertz CT molecular complexity index is 1320. The van der Waals surface area contributed by atoms with Gasteiger partial charge in [-0.2, -0.15) is 0 Å². The fourth-order valence-corrected chi connectivity index (χ4v) is 3.27. The highest BCUT2D eigenvalue weighted by Gasteiger charge is 2.12. The van der Waals surface area contributed by atoms with Crippen LogP contribution in [0.5, 0.6) is 17.4 Å². The van der Waals surface area contributed by atoms with Gasteiger partial charge >= 0.3 is 0 Å². The van der Waals surface area contributed by atoms with E-state index in [-0.39, 0.29) is 5.91 Å². The molecule has 0 aliphatic rings. The first kappa shape index (κ1) is 23.7. The van der Waals surface area contributed by atoms with Crippen LogP contribution in [0, 0.1) is 0 Å². The van der Waals surface area contributed by atoms with E-state index in [4.69, 9.17) is 9.47 Å². The van der Waals surface area contributed by atoms with Crippen LogP contribution < -0.4 is 20.1 Å². The fourth-order valence-electron chi connectivity index (χ4n) is 3.27. The van der Waals surface area contributed by atoms with Crippen LogP contribution >= 0.6 is 0 Å². The number of fused-ring (bicyclic) bond motifs is 1. The average Bonchev–Trinajstić information content (AvgIpc) is 2.85. The fraction of sp³-hybridized carbons (Fsp3) is 0.154. The summed E-state index contributed by atoms with van der Waals surface area (Å²) in [6, 6.07) is 16.5. The molecule has 0 saturated carbocycles. The van der Waals surface area contributed by atoms with Crippen LogP contribution in [0.2, 0.25) is 0 Å². The van der Waals surface area contributed by atoms with Crippen molar-refractivity contribution in [3.63, 3.8) is 0 Å². The molecule has 35 heavy (non-hydrogen) atoms. The second-order valence-corrected chi connectivity index (χ2v) is 7.87. The largest absolute Gasteiger partial charge is 0.494 e. The van der Waals surface area contributed by atoms with Gasteiger partial charge in [-0.3, -0.25) is 4.79 Å². The maximum atomic E-state index is 12.4. The zero-order valence-electron chi connectivity index (χ0n) is 19.7. The highest BCUT2D eigenvalue weighted by molar-refractivity contribution is 6.03. The van der Waals surface area contributed by atoms with E-state index in [0.29, 0.717) is 40.9 Å². The SMILES string of the molecule is COc1cc2ncnc(Nc3ccc(Oc4ccccn4)cc3)c2cc1NC(=O)/C=C/CN(C)C. The van der Waals surface area contributed by atoms with Crippen molar-refractivity contribution in [2.75, 3.05) is 38.4 Å². The first-order valence-electron chi connectivity index (χ1n) is 10.9. The molecule has 9 heteroatoms. The van der Waals surface area contributed by atoms with E-state index in [1.165, 1.54) is 12.4 Å². The Morgan fingerprint density at radius 2 is 1.89 bits per heavy atom. The lowest BCUT2D eigenvalue weighted by atomic mass is 10.1. The van der Waals surface area contributed by atoms with E-state index >= 15 is 0 Å². The smallest absolute Gasteiger partial charge is 0.248 e. The van der Waals surface area contributed by atoms with Crippen LogP contribution in [0.15, 0.2) is 79.3 Å². The molecule has 0 unspecified atom stereocenters. The number of benzene rings is 2. The summed E-state index contributed by atoms with van der Waals surface area (Å²) in [4.78, 5) is 27.3. The second kappa shape index (κ2) is 11.1. The van der Waals surface area contributed by atoms with Gasteiger partial charge in [-0.15, -0.1) is 0 Å². The number of nitrogens with one attached hydrogen (secondary N) is 2. The van der Waals surface area contributed by atoms with Gasteiger partial charge in [0.25, 0.3) is 0 Å². The van der Waals surface area contributed by atoms with Gasteiger partial charge in [0.15, 0.2) is 0 Å². The standard InChI is InChI=1S/C26H26N6O3/c1-32(2)14-6-7-24(33)31-22-15-20-21(16-23(22)34-3)28-17-29-26(20)30-18-9-11-19(12-10-18)35-25-8-4-5-13-27-25/h4-13,15-17H,14H2,1-3H3,(H,31,33)(H,28,29,30)/b7-6+. The molecule has 0 radical (unpaired) electrons. The van der Waals surface area contributed by atoms with Crippen molar-refractivity contribution in [2.45, 2.75) is 0 Å². The summed E-state index contributed by atoms with van der Waals surface area (Å²) >= 11 is 0. The van der Waals surface area contributed by atoms with E-state index in [0.717, 1.165) is 11.1 Å². The predicted octanol–water partition coefficient (Wildman–Crippen LogP) is 4.63. The average molecular weight is 471 g/mol. The minimum absolute atomic E-state index is 0.251. The number of methoxy groups -OCH3 is 1. The zero-order valence-corrected chi connectivity index (χ0v) is 19.7. The number of carbonyl (C=O) groups is 1. The van der Waals surface area contributed by atoms with Gasteiger partial charge in [0.05, 0.1) is 18.3 Å². The molecule has 0 fully saturated rings. The molecule has 4 rings (SSSR count). The topological polar surface area (TPSA) is 102 Å². The van der Waals surface area contributed by atoms with Crippen molar-refractivity contribution in [3.05, 3.63) is 79.3 Å². The van der Waals surface area contributed by atoms with Gasteiger partial charge in [0, 0.05) is 42.0 Å². The number of carbonyl (C=O) groups excluding carboxylic acids is 1. The number of hydrogen-bond donors (Lipinski definition) is 2. The summed E-state index contributed by atoms with van der Waals surface area (Å²) in [6.07, 6.45) is 6.45. The van der Waals surface area contributed by atoms with Crippen molar-refractivity contribution >= 4 is 34.0 Å². The molecular formula is C26H26N6O3. The highest BCUT2D eigenvalue weighted by atomic mass is 16.5. The molecule has 0 spiro atoms. The maximum Gasteiger partial charge on any atom is 0.248 e. The molecule has 2 N–H and O–H groups in total. The van der Waals surface area contributed by atoms with Gasteiger partial charge in [0.1, 0.15) is 23.6 Å². The third kappa shape index (κ3) is 6.30. The van der Waals surface area contributed by atoms with Crippen molar-refractivity contribution in [3.8, 4) is 17.4 Å². The van der Waals surface area contributed by atoms with Crippen LogP contribution in [0.1, 0.15) is 0 Å². The normalized spacial score (nSPS) is 11.1. The summed E-state index contributed by atoms with van der Waals surface area (Å²) in [5.41, 5.74) is 2.01. The number of hydrogen-bond acceptors (Lipinski definition) is 8. The van der Waals surface area contributed by atoms with Crippen LogP contribution in [0.25, 0.3) is 10.9 Å². The quantitative estimate of drug-likeness (QED) is 0.342. The molecule has 178 valence electrons. The Balaban J connectivity index is 1.55. The van der Waals surface area contributed by atoms with Crippen molar-refractivity contribution in [1.29, 1.82) is 0 Å². The first-order chi connectivity index (χ1) is 17.0. The Hall–Kier alpha value is -4.50. The number of amides is 1. The van der Waals surface area contributed by atoms with Crippen molar-refractivity contribution in [1.82, 2.24) is 19.9 Å². The number of rotatable bonds is 9. The van der Waals surface area contributed by atoms with Gasteiger partial charge in [-0.25, -0.2) is 15.0 Å². The van der Waals surface area contributed by atoms with Gasteiger partial charge in [-0.05, 0) is 50.5 Å². The molecule has 2 aromatic heterocycles. The lowest BCUT2D eigenvalue weighted by molar-refractivity contribution is -0.111. The molecular weight excluding hydrogens is 444 g/mol. The Kier molecular flexibility index (Phi) is 7.49. The zero-order chi connectivity index (χ0) is 24.6. The number of pyridine rings is 1. The summed E-state index contributed by atoms with van der Waals surface area (Å²) < 4.78 is 11.2. The lowest BCUT2D eigenvalue weighted by Gasteiger charge is -2.13. The van der Waals surface area contributed by atoms with Crippen molar-refractivity contribution in [2.24, 2.45) is 0 Å². The summed E-state index contributed by atoms with van der Waals surface area (Å²) in [5, 5.41) is 6.91. The predicted molar refractivity (Wildman–Crippen MR) is 136 cm³/mol. The van der Waals surface area contributed by atoms with Gasteiger partial charge in [0.2, 0.25) is 11.8 Å². The Labute approximate surface area is 203 Å². The van der Waals surface area contributed by atoms with Gasteiger partial charge in [-0.1, -0.05) is 12.1 Å². The van der Waals surface area contributed by atoms with Crippen LogP contribution in [-0.4, -0.2) is 53.5 Å². The molecule has 2 heterocycles. The molecule has 0 saturated heterocycles. The van der Waals surface area contributed by atoms with E-state index in [1.54, 1.807) is 37.6 Å². The van der Waals surface area contributed by atoms with E-state index in [1.807, 2.05) is 55.4 Å². The van der Waals surface area contributed by atoms with Gasteiger partial charge < -0.3 is 25.0 Å². The number of nitrogens with zero attached hydrogens (tertiary/aromatic N) is 4. The molecule has 0 aliphatic heterocycles. The van der Waals surface area contributed by atoms with Crippen LogP contribution in [0.3, 0.4) is 0 Å². The van der Waals surface area contributed by atoms with E-state index in [9.17, 15) is 4.79 Å². The minimum atomic E-state index is -0.251. The maximum absolute atomic E-state index is 12.4. The minimum Gasteiger partial charge on any atom is -0.494 e. The number of likely N-dealkylation sites (N-methyl/N-ethyl adjacent to an activating group) is 1. The van der Waals surface area contributed by atoms with E-state index in [2.05, 4.69) is 25.6 Å². The second-order valence-electron chi connectivity index (χ2n) is 7.87. The molecule has 0 atom stereocenters. The first-order valence-corrected chi connectivity index (χ1v) is 10.9. The van der Waals surface area contributed by atoms with E-state index < -0.39 is 0 Å². The Morgan fingerprint density at radius 1 is 1.06 bits per heavy atom. The third-order valence-corrected chi connectivity index (χ3v) is 4.93. The molecule has 2 aromatic carbocycles. The molecule has 0 aliphatic carbocycles. The van der Waals surface area contributed by atoms with Crippen molar-refractivity contribution < 1.29 is 14.3 Å². The summed E-state index contributed by atoms with van der Waals surface area (Å²) in [7, 11) is 5.42. The number of ether oxygens (including phenoxy) is 2. The highest BCUT2D eigenvalue weighted by Crippen LogP contribution is 2.33. The lowest BCUT2D eigenvalue weighted by Crippen LogP contribution is -2.13. The van der Waals surface area contributed by atoms with Crippen LogP contribution in [-0.2, 0) is 4.79 Å². The monoisotopic (exact) mass is 470 g/mol. The number of aromatic nitrogens is 3. The third-order valence-electron chi connectivity index (χ3n) is 4.93. The Morgan fingerprint density at radius 3 is 2.60 bits per heavy atom. The summed E-state index contributed by atoms with van der Waals surface area (Å²) in [6.45, 7) is 0.663. The molecule has 9 nitrogen and oxygen atoms in total.